The summed E-state index contributed by atoms with van der Waals surface area (Å²) in [6, 6.07) is 10.7. The van der Waals surface area contributed by atoms with E-state index in [0.29, 0.717) is 40.6 Å². The molecule has 1 aliphatic rings. The maximum Gasteiger partial charge on any atom is 0.446 e. The van der Waals surface area contributed by atoms with Crippen LogP contribution in [0.25, 0.3) is 10.6 Å². The van der Waals surface area contributed by atoms with Crippen molar-refractivity contribution in [3.63, 3.8) is 0 Å². The van der Waals surface area contributed by atoms with Crippen LogP contribution in [0.4, 0.5) is 28.9 Å². The maximum absolute atomic E-state index is 14.8. The second-order valence-electron chi connectivity index (χ2n) is 9.06. The first-order valence-electron chi connectivity index (χ1n) is 12.1. The average Bonchev–Trinajstić information content (AvgIpc) is 3.54. The summed E-state index contributed by atoms with van der Waals surface area (Å²) < 4.78 is 55.1. The molecule has 0 bridgehead atoms. The normalized spacial score (nSPS) is 15.9. The molecular formula is C26H24F4N6OS2. The van der Waals surface area contributed by atoms with Crippen LogP contribution in [-0.4, -0.2) is 45.3 Å². The van der Waals surface area contributed by atoms with Crippen LogP contribution in [0.2, 0.25) is 0 Å². The summed E-state index contributed by atoms with van der Waals surface area (Å²) in [4.78, 5) is 19.4. The van der Waals surface area contributed by atoms with Crippen LogP contribution in [0.3, 0.4) is 0 Å². The van der Waals surface area contributed by atoms with Crippen molar-refractivity contribution in [1.82, 2.24) is 14.8 Å². The van der Waals surface area contributed by atoms with E-state index in [1.807, 2.05) is 4.90 Å². The second-order valence-corrected chi connectivity index (χ2v) is 11.0. The van der Waals surface area contributed by atoms with E-state index in [2.05, 4.69) is 15.4 Å². The van der Waals surface area contributed by atoms with Gasteiger partial charge in [-0.3, -0.25) is 9.48 Å². The largest absolute Gasteiger partial charge is 0.446 e. The Bertz CT molecular complexity index is 1470. The number of anilines is 2. The van der Waals surface area contributed by atoms with Crippen molar-refractivity contribution in [1.29, 1.82) is 0 Å². The lowest BCUT2D eigenvalue weighted by Crippen LogP contribution is -2.43. The molecule has 3 N–H and O–H groups in total. The number of para-hydroxylation sites is 1. The minimum atomic E-state index is -4.39. The topological polar surface area (TPSA) is 89.1 Å². The molecule has 5 rings (SSSR count). The maximum atomic E-state index is 14.8. The standard InChI is InChI=1S/C26H24F4N6OS2/c27-19-7-3-8-20(23(19)35-10-4-6-18(31)14-35)33-24(37)21-15-38-25(34-21)17-11-32-36(13-17)12-16-5-1-2-9-22(16)39-26(28,29)30/h1-3,5,7-9,11,13,15,18H,4,6,10,12,14,31H2,(H,33,37). The number of nitrogens with two attached hydrogens (primary N) is 1. The van der Waals surface area contributed by atoms with Crippen molar-refractivity contribution in [2.75, 3.05) is 23.3 Å². The lowest BCUT2D eigenvalue weighted by Gasteiger charge is -2.34. The molecule has 204 valence electrons. The molecule has 1 fully saturated rings. The lowest BCUT2D eigenvalue weighted by molar-refractivity contribution is -0.0328. The number of rotatable bonds is 7. The number of halogens is 4. The number of carbonyl (C=O) groups is 1. The summed E-state index contributed by atoms with van der Waals surface area (Å²) in [5.74, 6) is -0.931. The summed E-state index contributed by atoms with van der Waals surface area (Å²) >= 11 is 1.07. The van der Waals surface area contributed by atoms with E-state index in [9.17, 15) is 22.4 Å². The Morgan fingerprint density at radius 1 is 1.21 bits per heavy atom. The number of carbonyl (C=O) groups excluding carboxylic acids is 1. The smallest absolute Gasteiger partial charge is 0.366 e. The number of nitrogens with one attached hydrogen (secondary N) is 1. The van der Waals surface area contributed by atoms with Gasteiger partial charge in [0.1, 0.15) is 16.5 Å². The summed E-state index contributed by atoms with van der Waals surface area (Å²) in [6.07, 6.45) is 4.91. The molecule has 13 heteroatoms. The zero-order chi connectivity index (χ0) is 27.6. The molecule has 3 heterocycles. The predicted octanol–water partition coefficient (Wildman–Crippen LogP) is 5.99. The van der Waals surface area contributed by atoms with Gasteiger partial charge in [-0.1, -0.05) is 24.3 Å². The lowest BCUT2D eigenvalue weighted by atomic mass is 10.1. The number of aromatic nitrogens is 3. The first-order valence-corrected chi connectivity index (χ1v) is 13.8. The first kappa shape index (κ1) is 27.2. The SMILES string of the molecule is NC1CCCN(c2c(F)cccc2NC(=O)c2csc(-c3cnn(Cc4ccccc4SC(F)(F)F)c3)n2)C1. The van der Waals surface area contributed by atoms with E-state index in [0.717, 1.165) is 12.8 Å². The van der Waals surface area contributed by atoms with E-state index >= 15 is 0 Å². The molecule has 2 aromatic heterocycles. The van der Waals surface area contributed by atoms with Gasteiger partial charge in [0.2, 0.25) is 0 Å². The molecule has 39 heavy (non-hydrogen) atoms. The van der Waals surface area contributed by atoms with E-state index in [4.69, 9.17) is 5.73 Å². The highest BCUT2D eigenvalue weighted by molar-refractivity contribution is 8.00. The van der Waals surface area contributed by atoms with Crippen LogP contribution < -0.4 is 16.0 Å². The zero-order valence-electron chi connectivity index (χ0n) is 20.5. The van der Waals surface area contributed by atoms with E-state index in [1.54, 1.807) is 42.0 Å². The summed E-state index contributed by atoms with van der Waals surface area (Å²) in [5, 5.41) is 9.15. The van der Waals surface area contributed by atoms with Gasteiger partial charge in [-0.25, -0.2) is 9.37 Å². The fourth-order valence-electron chi connectivity index (χ4n) is 4.44. The van der Waals surface area contributed by atoms with Gasteiger partial charge in [0.05, 0.1) is 24.1 Å². The molecular weight excluding hydrogens is 552 g/mol. The fourth-order valence-corrected chi connectivity index (χ4v) is 5.88. The van der Waals surface area contributed by atoms with Gasteiger partial charge in [0.15, 0.2) is 0 Å². The highest BCUT2D eigenvalue weighted by atomic mass is 32.2. The number of benzene rings is 2. The Hall–Kier alpha value is -3.42. The summed E-state index contributed by atoms with van der Waals surface area (Å²) in [7, 11) is 0. The van der Waals surface area contributed by atoms with Crippen molar-refractivity contribution in [3.8, 4) is 10.6 Å². The van der Waals surface area contributed by atoms with Crippen molar-refractivity contribution in [2.24, 2.45) is 5.73 Å². The molecule has 7 nitrogen and oxygen atoms in total. The van der Waals surface area contributed by atoms with Crippen molar-refractivity contribution in [2.45, 2.75) is 35.8 Å². The Labute approximate surface area is 230 Å². The minimum absolute atomic E-state index is 0.0687. The van der Waals surface area contributed by atoms with Crippen LogP contribution in [0.5, 0.6) is 0 Å². The summed E-state index contributed by atoms with van der Waals surface area (Å²) in [6.45, 7) is 1.27. The highest BCUT2D eigenvalue weighted by Gasteiger charge is 2.30. The Morgan fingerprint density at radius 2 is 2.03 bits per heavy atom. The Morgan fingerprint density at radius 3 is 2.82 bits per heavy atom. The molecule has 1 atom stereocenters. The fraction of sp³-hybridized carbons (Fsp3) is 0.269. The van der Waals surface area contributed by atoms with Gasteiger partial charge < -0.3 is 16.0 Å². The number of thiazole rings is 1. The van der Waals surface area contributed by atoms with Gasteiger partial charge in [-0.2, -0.15) is 18.3 Å². The Balaban J connectivity index is 1.30. The molecule has 0 radical (unpaired) electrons. The quantitative estimate of drug-likeness (QED) is 0.208. The number of thioether (sulfide) groups is 1. The van der Waals surface area contributed by atoms with Crippen LogP contribution in [-0.2, 0) is 6.54 Å². The molecule has 1 amide bonds. The molecule has 1 saturated heterocycles. The van der Waals surface area contributed by atoms with Crippen LogP contribution >= 0.6 is 23.1 Å². The van der Waals surface area contributed by atoms with Gasteiger partial charge in [0, 0.05) is 41.2 Å². The molecule has 1 aliphatic heterocycles. The van der Waals surface area contributed by atoms with Gasteiger partial charge in [0.25, 0.3) is 5.91 Å². The first-order chi connectivity index (χ1) is 18.7. The molecule has 1 unspecified atom stereocenters. The number of piperidine rings is 1. The molecule has 0 spiro atoms. The van der Waals surface area contributed by atoms with Crippen LogP contribution in [0, 0.1) is 5.82 Å². The number of hydrogen-bond acceptors (Lipinski definition) is 7. The van der Waals surface area contributed by atoms with Crippen LogP contribution in [0.15, 0.2) is 65.1 Å². The van der Waals surface area contributed by atoms with Gasteiger partial charge in [-0.15, -0.1) is 11.3 Å². The third kappa shape index (κ3) is 6.60. The van der Waals surface area contributed by atoms with Crippen LogP contribution in [0.1, 0.15) is 28.9 Å². The molecule has 4 aromatic rings. The highest BCUT2D eigenvalue weighted by Crippen LogP contribution is 2.39. The van der Waals surface area contributed by atoms with Crippen molar-refractivity contribution in [3.05, 3.63) is 77.3 Å². The third-order valence-corrected chi connectivity index (χ3v) is 7.90. The Kier molecular flexibility index (Phi) is 7.91. The third-order valence-electron chi connectivity index (χ3n) is 6.16. The number of hydrogen-bond donors (Lipinski definition) is 2. The van der Waals surface area contributed by atoms with E-state index in [-0.39, 0.29) is 34.9 Å². The van der Waals surface area contributed by atoms with E-state index < -0.39 is 17.2 Å². The number of amides is 1. The molecule has 2 aromatic carbocycles. The molecule has 0 aliphatic carbocycles. The minimum Gasteiger partial charge on any atom is -0.366 e. The second kappa shape index (κ2) is 11.4. The van der Waals surface area contributed by atoms with Gasteiger partial charge >= 0.3 is 5.51 Å². The van der Waals surface area contributed by atoms with Gasteiger partial charge in [-0.05, 0) is 48.4 Å². The average molecular weight is 577 g/mol. The zero-order valence-corrected chi connectivity index (χ0v) is 22.1. The van der Waals surface area contributed by atoms with E-state index in [1.165, 1.54) is 34.2 Å². The van der Waals surface area contributed by atoms with Crippen molar-refractivity contribution >= 4 is 40.4 Å². The summed E-state index contributed by atoms with van der Waals surface area (Å²) in [5.41, 5.74) is 3.58. The number of alkyl halides is 3. The number of nitrogens with zero attached hydrogens (tertiary/aromatic N) is 4. The monoisotopic (exact) mass is 576 g/mol. The van der Waals surface area contributed by atoms with Crippen molar-refractivity contribution < 1.29 is 22.4 Å². The molecule has 0 saturated carbocycles. The predicted molar refractivity (Wildman–Crippen MR) is 145 cm³/mol.